The molecule has 1 aliphatic carbocycles. The van der Waals surface area contributed by atoms with Crippen molar-refractivity contribution in [3.8, 4) is 0 Å². The lowest BCUT2D eigenvalue weighted by molar-refractivity contribution is -0.116. The molecule has 0 fully saturated rings. The van der Waals surface area contributed by atoms with E-state index < -0.39 is 0 Å². The summed E-state index contributed by atoms with van der Waals surface area (Å²) in [6, 6.07) is 6.80. The number of nitrogens with zero attached hydrogens (tertiary/aromatic N) is 1. The summed E-state index contributed by atoms with van der Waals surface area (Å²) in [4.78, 5) is 23.9. The topological polar surface area (TPSA) is 70.6 Å². The zero-order chi connectivity index (χ0) is 19.1. The Hall–Kier alpha value is -2.69. The maximum absolute atomic E-state index is 12.3. The Morgan fingerprint density at radius 3 is 2.58 bits per heavy atom. The molecule has 0 spiro atoms. The Morgan fingerprint density at radius 2 is 1.96 bits per heavy atom. The standard InChI is InChI=1S/C21H27N3O2/c1-5-6-20(25)22-18-11-9-16(10-12-18)21(26)24-23-19-13-17(14(2)3)8-7-15(19)4/h7,9-12,17H,2,5-6,8,13H2,1,3-4H3,(H,22,25)(H,24,26)/b23-19-/t17-/m1/s1. The Labute approximate surface area is 155 Å². The lowest BCUT2D eigenvalue weighted by atomic mass is 9.85. The Balaban J connectivity index is 1.99. The van der Waals surface area contributed by atoms with Gasteiger partial charge in [-0.25, -0.2) is 5.43 Å². The highest BCUT2D eigenvalue weighted by Gasteiger charge is 2.19. The molecular weight excluding hydrogens is 326 g/mol. The summed E-state index contributed by atoms with van der Waals surface area (Å²) in [5, 5.41) is 7.11. The molecule has 0 unspecified atom stereocenters. The second-order valence-corrected chi connectivity index (χ2v) is 6.75. The summed E-state index contributed by atoms with van der Waals surface area (Å²) < 4.78 is 0. The number of benzene rings is 1. The van der Waals surface area contributed by atoms with Gasteiger partial charge in [-0.1, -0.05) is 25.2 Å². The van der Waals surface area contributed by atoms with E-state index in [-0.39, 0.29) is 11.8 Å². The van der Waals surface area contributed by atoms with Gasteiger partial charge in [0.15, 0.2) is 0 Å². The molecule has 1 aromatic rings. The largest absolute Gasteiger partial charge is 0.326 e. The molecule has 1 atom stereocenters. The second kappa shape index (κ2) is 9.13. The quantitative estimate of drug-likeness (QED) is 0.586. The maximum Gasteiger partial charge on any atom is 0.271 e. The number of hydrazone groups is 1. The van der Waals surface area contributed by atoms with Crippen LogP contribution in [0.25, 0.3) is 0 Å². The molecule has 138 valence electrons. The number of anilines is 1. The van der Waals surface area contributed by atoms with Crippen LogP contribution in [-0.2, 0) is 4.79 Å². The molecule has 0 radical (unpaired) electrons. The van der Waals surface area contributed by atoms with Crippen LogP contribution in [0.5, 0.6) is 0 Å². The monoisotopic (exact) mass is 353 g/mol. The molecule has 0 heterocycles. The lowest BCUT2D eigenvalue weighted by Crippen LogP contribution is -2.23. The molecule has 5 nitrogen and oxygen atoms in total. The van der Waals surface area contributed by atoms with Crippen molar-refractivity contribution in [3.05, 3.63) is 53.6 Å². The van der Waals surface area contributed by atoms with Gasteiger partial charge in [0.25, 0.3) is 5.91 Å². The smallest absolute Gasteiger partial charge is 0.271 e. The Bertz CT molecular complexity index is 745. The first-order chi connectivity index (χ1) is 12.4. The fourth-order valence-electron chi connectivity index (χ4n) is 2.76. The highest BCUT2D eigenvalue weighted by atomic mass is 16.2. The van der Waals surface area contributed by atoms with Crippen LogP contribution in [0, 0.1) is 5.92 Å². The summed E-state index contributed by atoms with van der Waals surface area (Å²) >= 11 is 0. The molecule has 0 aliphatic heterocycles. The number of nitrogens with one attached hydrogen (secondary N) is 2. The average Bonchev–Trinajstić information content (AvgIpc) is 2.61. The van der Waals surface area contributed by atoms with Crippen molar-refractivity contribution < 1.29 is 9.59 Å². The van der Waals surface area contributed by atoms with E-state index in [0.717, 1.165) is 36.1 Å². The van der Waals surface area contributed by atoms with Crippen LogP contribution < -0.4 is 10.7 Å². The molecular formula is C21H27N3O2. The van der Waals surface area contributed by atoms with E-state index in [2.05, 4.69) is 28.5 Å². The van der Waals surface area contributed by atoms with Crippen LogP contribution in [0.1, 0.15) is 56.8 Å². The molecule has 1 aliphatic rings. The predicted octanol–water partition coefficient (Wildman–Crippen LogP) is 4.44. The van der Waals surface area contributed by atoms with E-state index in [1.807, 2.05) is 20.8 Å². The van der Waals surface area contributed by atoms with Gasteiger partial charge in [-0.15, -0.1) is 0 Å². The summed E-state index contributed by atoms with van der Waals surface area (Å²) in [5.41, 5.74) is 6.93. The zero-order valence-corrected chi connectivity index (χ0v) is 15.8. The van der Waals surface area contributed by atoms with Gasteiger partial charge >= 0.3 is 0 Å². The zero-order valence-electron chi connectivity index (χ0n) is 15.8. The number of hydrogen-bond acceptors (Lipinski definition) is 3. The minimum absolute atomic E-state index is 0.0253. The van der Waals surface area contributed by atoms with Crippen molar-refractivity contribution in [1.82, 2.24) is 5.43 Å². The van der Waals surface area contributed by atoms with Gasteiger partial charge in [0.05, 0.1) is 5.71 Å². The van der Waals surface area contributed by atoms with Gasteiger partial charge in [-0.05, 0) is 68.9 Å². The van der Waals surface area contributed by atoms with E-state index in [0.29, 0.717) is 23.6 Å². The van der Waals surface area contributed by atoms with Gasteiger partial charge in [-0.3, -0.25) is 9.59 Å². The molecule has 0 bridgehead atoms. The van der Waals surface area contributed by atoms with Gasteiger partial charge in [0, 0.05) is 17.7 Å². The number of carbonyl (C=O) groups excluding carboxylic acids is 2. The first-order valence-corrected chi connectivity index (χ1v) is 9.00. The van der Waals surface area contributed by atoms with E-state index in [1.165, 1.54) is 0 Å². The lowest BCUT2D eigenvalue weighted by Gasteiger charge is -2.22. The first-order valence-electron chi connectivity index (χ1n) is 9.00. The van der Waals surface area contributed by atoms with E-state index in [9.17, 15) is 9.59 Å². The fourth-order valence-corrected chi connectivity index (χ4v) is 2.76. The van der Waals surface area contributed by atoms with Crippen molar-refractivity contribution >= 4 is 23.2 Å². The van der Waals surface area contributed by atoms with Crippen molar-refractivity contribution in [2.75, 3.05) is 5.32 Å². The molecule has 5 heteroatoms. The molecule has 0 aromatic heterocycles. The number of allylic oxidation sites excluding steroid dienone is 3. The molecule has 0 saturated heterocycles. The molecule has 2 amide bonds. The minimum Gasteiger partial charge on any atom is -0.326 e. The molecule has 26 heavy (non-hydrogen) atoms. The van der Waals surface area contributed by atoms with E-state index in [1.54, 1.807) is 24.3 Å². The van der Waals surface area contributed by atoms with Crippen LogP contribution in [0.2, 0.25) is 0 Å². The van der Waals surface area contributed by atoms with Gasteiger partial charge in [0.2, 0.25) is 5.91 Å². The third-order valence-corrected chi connectivity index (χ3v) is 4.50. The van der Waals surface area contributed by atoms with Crippen LogP contribution in [-0.4, -0.2) is 17.5 Å². The molecule has 2 rings (SSSR count). The molecule has 1 aromatic carbocycles. The Morgan fingerprint density at radius 1 is 1.27 bits per heavy atom. The summed E-state index contributed by atoms with van der Waals surface area (Å²) in [6.45, 7) is 10.0. The van der Waals surface area contributed by atoms with Crippen molar-refractivity contribution in [3.63, 3.8) is 0 Å². The average molecular weight is 353 g/mol. The van der Waals surface area contributed by atoms with E-state index >= 15 is 0 Å². The minimum atomic E-state index is -0.269. The van der Waals surface area contributed by atoms with Gasteiger partial charge < -0.3 is 5.32 Å². The number of carbonyl (C=O) groups is 2. The van der Waals surface area contributed by atoms with Crippen molar-refractivity contribution in [2.24, 2.45) is 11.0 Å². The summed E-state index contributed by atoms with van der Waals surface area (Å²) in [6.07, 6.45) is 5.19. The third kappa shape index (κ3) is 5.41. The fraction of sp³-hybridized carbons (Fsp3) is 0.381. The normalized spacial score (nSPS) is 18.2. The highest BCUT2D eigenvalue weighted by Crippen LogP contribution is 2.26. The number of hydrogen-bond donors (Lipinski definition) is 2. The van der Waals surface area contributed by atoms with Gasteiger partial charge in [-0.2, -0.15) is 5.10 Å². The highest BCUT2D eigenvalue weighted by molar-refractivity contribution is 6.02. The van der Waals surface area contributed by atoms with E-state index in [4.69, 9.17) is 0 Å². The van der Waals surface area contributed by atoms with Crippen LogP contribution in [0.4, 0.5) is 5.69 Å². The summed E-state index contributed by atoms with van der Waals surface area (Å²) in [7, 11) is 0. The van der Waals surface area contributed by atoms with Crippen molar-refractivity contribution in [1.29, 1.82) is 0 Å². The van der Waals surface area contributed by atoms with Crippen LogP contribution >= 0.6 is 0 Å². The SMILES string of the molecule is C=C(C)[C@@H]1CC=C(C)/C(=N\NC(=O)c2ccc(NC(=O)CCC)cc2)C1. The number of rotatable bonds is 6. The van der Waals surface area contributed by atoms with Gasteiger partial charge in [0.1, 0.15) is 0 Å². The Kier molecular flexibility index (Phi) is 6.89. The summed E-state index contributed by atoms with van der Waals surface area (Å²) in [5.74, 6) is 0.0808. The molecule has 0 saturated carbocycles. The predicted molar refractivity (Wildman–Crippen MR) is 106 cm³/mol. The third-order valence-electron chi connectivity index (χ3n) is 4.50. The second-order valence-electron chi connectivity index (χ2n) is 6.75. The maximum atomic E-state index is 12.3. The van der Waals surface area contributed by atoms with Crippen LogP contribution in [0.3, 0.4) is 0 Å². The van der Waals surface area contributed by atoms with Crippen LogP contribution in [0.15, 0.2) is 53.2 Å². The first kappa shape index (κ1) is 19.6. The number of amides is 2. The molecule has 2 N–H and O–H groups in total. The van der Waals surface area contributed by atoms with Crippen molar-refractivity contribution in [2.45, 2.75) is 46.5 Å².